The molecule has 2 aromatic rings. The monoisotopic (exact) mass is 338 g/mol. The Labute approximate surface area is 142 Å². The van der Waals surface area contributed by atoms with Crippen LogP contribution in [0.5, 0.6) is 5.75 Å². The summed E-state index contributed by atoms with van der Waals surface area (Å²) < 4.78 is 10.7. The van der Waals surface area contributed by atoms with Crippen LogP contribution in [-0.4, -0.2) is 29.2 Å². The lowest BCUT2D eigenvalue weighted by molar-refractivity contribution is -0.143. The number of esters is 1. The van der Waals surface area contributed by atoms with Crippen molar-refractivity contribution in [2.75, 3.05) is 13.2 Å². The van der Waals surface area contributed by atoms with Crippen molar-refractivity contribution in [2.45, 2.75) is 33.1 Å². The summed E-state index contributed by atoms with van der Waals surface area (Å²) in [4.78, 5) is 18.6. The number of halogens is 1. The fourth-order valence-corrected chi connectivity index (χ4v) is 2.19. The van der Waals surface area contributed by atoms with E-state index in [1.54, 1.807) is 6.20 Å². The van der Waals surface area contributed by atoms with Crippen LogP contribution < -0.4 is 4.74 Å². The Morgan fingerprint density at radius 1 is 1.35 bits per heavy atom. The van der Waals surface area contributed by atoms with Gasteiger partial charge in [-0.3, -0.25) is 4.79 Å². The number of carbonyl (C=O) groups is 1. The molecular weight excluding hydrogens is 316 g/mol. The third-order valence-electron chi connectivity index (χ3n) is 3.22. The van der Waals surface area contributed by atoms with Crippen molar-refractivity contribution in [2.24, 2.45) is 0 Å². The van der Waals surface area contributed by atoms with Crippen molar-refractivity contribution in [3.8, 4) is 5.75 Å². The lowest BCUT2D eigenvalue weighted by Crippen LogP contribution is -2.07. The van der Waals surface area contributed by atoms with Gasteiger partial charge in [-0.1, -0.05) is 17.7 Å². The van der Waals surface area contributed by atoms with Gasteiger partial charge in [0.05, 0.1) is 13.2 Å². The van der Waals surface area contributed by atoms with E-state index in [9.17, 15) is 4.79 Å². The Morgan fingerprint density at radius 3 is 2.87 bits per heavy atom. The molecule has 1 aromatic heterocycles. The topological polar surface area (TPSA) is 64.2 Å². The number of nitrogens with one attached hydrogen (secondary N) is 1. The predicted octanol–water partition coefficient (Wildman–Crippen LogP) is 3.45. The second-order valence-corrected chi connectivity index (χ2v) is 5.08. The van der Waals surface area contributed by atoms with E-state index >= 15 is 0 Å². The van der Waals surface area contributed by atoms with Crippen LogP contribution in [0.4, 0.5) is 0 Å². The summed E-state index contributed by atoms with van der Waals surface area (Å²) in [5.74, 6) is 1.57. The highest BCUT2D eigenvalue weighted by Gasteiger charge is 2.08. The number of aromatic nitrogens is 2. The number of benzene rings is 1. The minimum absolute atomic E-state index is 0. The molecule has 1 aromatic carbocycles. The Hall–Kier alpha value is -2.01. The van der Waals surface area contributed by atoms with Crippen LogP contribution in [-0.2, 0) is 16.0 Å². The molecule has 0 unspecified atom stereocenters. The highest BCUT2D eigenvalue weighted by Crippen LogP contribution is 2.22. The molecule has 1 heterocycles. The van der Waals surface area contributed by atoms with E-state index < -0.39 is 0 Å². The van der Waals surface area contributed by atoms with Crippen LogP contribution in [0.2, 0.25) is 0 Å². The second-order valence-electron chi connectivity index (χ2n) is 5.08. The molecule has 23 heavy (non-hydrogen) atoms. The predicted molar refractivity (Wildman–Crippen MR) is 91.2 cm³/mol. The Balaban J connectivity index is 0.00000264. The molecule has 2 rings (SSSR count). The third kappa shape index (κ3) is 6.32. The van der Waals surface area contributed by atoms with Gasteiger partial charge in [0.1, 0.15) is 11.6 Å². The van der Waals surface area contributed by atoms with E-state index in [0.717, 1.165) is 17.1 Å². The van der Waals surface area contributed by atoms with Gasteiger partial charge in [-0.15, -0.1) is 12.4 Å². The first-order valence-corrected chi connectivity index (χ1v) is 7.55. The molecule has 0 saturated heterocycles. The first kappa shape index (κ1) is 19.0. The number of aryl methyl sites for hydroxylation is 1. The fraction of sp³-hybridized carbons (Fsp3) is 0.412. The molecule has 5 nitrogen and oxygen atoms in total. The second kappa shape index (κ2) is 9.90. The van der Waals surface area contributed by atoms with Crippen LogP contribution in [0, 0.1) is 6.92 Å². The molecule has 0 radical (unpaired) electrons. The van der Waals surface area contributed by atoms with Gasteiger partial charge in [-0.2, -0.15) is 0 Å². The Morgan fingerprint density at radius 2 is 2.17 bits per heavy atom. The van der Waals surface area contributed by atoms with Gasteiger partial charge >= 0.3 is 5.97 Å². The quantitative estimate of drug-likeness (QED) is 0.591. The first-order valence-electron chi connectivity index (χ1n) is 7.55. The molecule has 0 spiro atoms. The summed E-state index contributed by atoms with van der Waals surface area (Å²) in [5, 5.41) is 0. The molecule has 0 saturated carbocycles. The molecule has 0 aliphatic carbocycles. The van der Waals surface area contributed by atoms with E-state index in [4.69, 9.17) is 9.47 Å². The summed E-state index contributed by atoms with van der Waals surface area (Å²) in [6.45, 7) is 4.77. The maximum atomic E-state index is 11.3. The normalized spacial score (nSPS) is 10.0. The average molecular weight is 339 g/mol. The zero-order chi connectivity index (χ0) is 15.8. The maximum Gasteiger partial charge on any atom is 0.305 e. The minimum Gasteiger partial charge on any atom is -0.493 e. The molecule has 1 N–H and O–H groups in total. The van der Waals surface area contributed by atoms with Crippen molar-refractivity contribution in [3.63, 3.8) is 0 Å². The van der Waals surface area contributed by atoms with Crippen LogP contribution in [0.3, 0.4) is 0 Å². The number of rotatable bonds is 8. The van der Waals surface area contributed by atoms with Gasteiger partial charge in [0.2, 0.25) is 0 Å². The van der Waals surface area contributed by atoms with E-state index in [-0.39, 0.29) is 18.4 Å². The highest BCUT2D eigenvalue weighted by atomic mass is 35.5. The summed E-state index contributed by atoms with van der Waals surface area (Å²) in [6.07, 6.45) is 5.28. The fourth-order valence-electron chi connectivity index (χ4n) is 2.19. The van der Waals surface area contributed by atoms with E-state index in [1.807, 2.05) is 25.3 Å². The van der Waals surface area contributed by atoms with Crippen molar-refractivity contribution in [1.29, 1.82) is 0 Å². The van der Waals surface area contributed by atoms with E-state index in [1.165, 1.54) is 5.56 Å². The molecule has 0 aliphatic heterocycles. The van der Waals surface area contributed by atoms with E-state index in [0.29, 0.717) is 32.5 Å². The average Bonchev–Trinajstić information content (AvgIpc) is 2.99. The zero-order valence-corrected chi connectivity index (χ0v) is 14.3. The van der Waals surface area contributed by atoms with Gasteiger partial charge in [0.15, 0.2) is 0 Å². The zero-order valence-electron chi connectivity index (χ0n) is 13.5. The molecule has 0 amide bonds. The lowest BCUT2D eigenvalue weighted by atomic mass is 10.1. The van der Waals surface area contributed by atoms with Gasteiger partial charge in [0.25, 0.3) is 0 Å². The summed E-state index contributed by atoms with van der Waals surface area (Å²) in [5.41, 5.74) is 2.27. The number of nitrogens with zero attached hydrogens (tertiary/aromatic N) is 1. The minimum atomic E-state index is -0.175. The largest absolute Gasteiger partial charge is 0.493 e. The summed E-state index contributed by atoms with van der Waals surface area (Å²) in [7, 11) is 0. The van der Waals surface area contributed by atoms with Crippen molar-refractivity contribution < 1.29 is 14.3 Å². The smallest absolute Gasteiger partial charge is 0.305 e. The van der Waals surface area contributed by atoms with Crippen LogP contribution in [0.15, 0.2) is 30.6 Å². The molecule has 0 aliphatic rings. The number of H-pyrrole nitrogens is 1. The van der Waals surface area contributed by atoms with Crippen molar-refractivity contribution >= 4 is 18.4 Å². The van der Waals surface area contributed by atoms with Gasteiger partial charge in [0, 0.05) is 30.8 Å². The van der Waals surface area contributed by atoms with Crippen LogP contribution in [0.1, 0.15) is 36.7 Å². The van der Waals surface area contributed by atoms with Crippen LogP contribution in [0.25, 0.3) is 0 Å². The van der Waals surface area contributed by atoms with Crippen LogP contribution >= 0.6 is 12.4 Å². The van der Waals surface area contributed by atoms with Gasteiger partial charge in [-0.05, 0) is 26.3 Å². The summed E-state index contributed by atoms with van der Waals surface area (Å²) >= 11 is 0. The molecule has 126 valence electrons. The molecule has 0 bridgehead atoms. The third-order valence-corrected chi connectivity index (χ3v) is 3.22. The number of carbonyl (C=O) groups excluding carboxylic acids is 1. The number of ether oxygens (including phenoxy) is 2. The standard InChI is InChI=1S/C17H22N2O3.ClH/c1-3-21-17(20)5-4-10-22-15-7-6-13(2)11-14(15)12-16-18-8-9-19-16;/h6-9,11H,3-5,10,12H2,1-2H3,(H,18,19);1H. The number of aromatic amines is 1. The van der Waals surface area contributed by atoms with Gasteiger partial charge in [-0.25, -0.2) is 4.98 Å². The maximum absolute atomic E-state index is 11.3. The van der Waals surface area contributed by atoms with E-state index in [2.05, 4.69) is 23.0 Å². The first-order chi connectivity index (χ1) is 10.7. The number of hydrogen-bond acceptors (Lipinski definition) is 4. The molecular formula is C17H23ClN2O3. The lowest BCUT2D eigenvalue weighted by Gasteiger charge is -2.11. The Bertz CT molecular complexity index is 600. The Kier molecular flexibility index (Phi) is 8.19. The highest BCUT2D eigenvalue weighted by molar-refractivity contribution is 5.85. The van der Waals surface area contributed by atoms with Crippen molar-refractivity contribution in [1.82, 2.24) is 9.97 Å². The number of hydrogen-bond donors (Lipinski definition) is 1. The SMILES string of the molecule is CCOC(=O)CCCOc1ccc(C)cc1Cc1ncc[nH]1.Cl. The number of imidazole rings is 1. The summed E-state index contributed by atoms with van der Waals surface area (Å²) in [6, 6.07) is 6.09. The molecule has 0 atom stereocenters. The molecule has 6 heteroatoms. The molecule has 0 fully saturated rings. The van der Waals surface area contributed by atoms with Gasteiger partial charge < -0.3 is 14.5 Å². The van der Waals surface area contributed by atoms with Crippen molar-refractivity contribution in [3.05, 3.63) is 47.5 Å².